The van der Waals surface area contributed by atoms with Gasteiger partial charge >= 0.3 is 6.03 Å². The molecule has 244 valence electrons. The molecule has 4 amide bonds. The van der Waals surface area contributed by atoms with Gasteiger partial charge in [0.05, 0.1) is 20.1 Å². The van der Waals surface area contributed by atoms with Crippen molar-refractivity contribution < 1.29 is 14.4 Å². The maximum atomic E-state index is 13.2. The van der Waals surface area contributed by atoms with Gasteiger partial charge in [-0.2, -0.15) is 0 Å². The van der Waals surface area contributed by atoms with E-state index in [-0.39, 0.29) is 17.8 Å². The number of carbonyl (C=O) groups is 3. The minimum atomic E-state index is -0.0836. The SMILES string of the molecule is O=C(CCN1CCCN(CCC(=O)N2CCN(Cc3ccc(Cl)c(Cl)c3)CC2)C1=O)N1CCN(Cc2ccc(Cl)c(Cl)c2)CC1. The molecule has 2 aromatic rings. The summed E-state index contributed by atoms with van der Waals surface area (Å²) in [5.74, 6) is 0.144. The normalized spacial score (nSPS) is 18.5. The molecule has 0 unspecified atom stereocenters. The summed E-state index contributed by atoms with van der Waals surface area (Å²) in [5, 5.41) is 2.18. The minimum Gasteiger partial charge on any atom is -0.340 e. The highest BCUT2D eigenvalue weighted by molar-refractivity contribution is 6.42. The van der Waals surface area contributed by atoms with Crippen molar-refractivity contribution in [2.24, 2.45) is 0 Å². The predicted molar refractivity (Wildman–Crippen MR) is 179 cm³/mol. The molecule has 0 spiro atoms. The van der Waals surface area contributed by atoms with E-state index in [1.54, 1.807) is 9.80 Å². The van der Waals surface area contributed by atoms with Crippen LogP contribution in [0.1, 0.15) is 30.4 Å². The second kappa shape index (κ2) is 16.0. The van der Waals surface area contributed by atoms with Crippen molar-refractivity contribution >= 4 is 64.2 Å². The Kier molecular flexibility index (Phi) is 12.1. The van der Waals surface area contributed by atoms with Crippen LogP contribution in [0.5, 0.6) is 0 Å². The summed E-state index contributed by atoms with van der Waals surface area (Å²) in [4.78, 5) is 51.0. The molecule has 3 fully saturated rings. The summed E-state index contributed by atoms with van der Waals surface area (Å²) in [6.45, 7) is 9.33. The predicted octanol–water partition coefficient (Wildman–Crippen LogP) is 5.20. The quantitative estimate of drug-likeness (QED) is 0.342. The van der Waals surface area contributed by atoms with Gasteiger partial charge in [-0.25, -0.2) is 4.79 Å². The van der Waals surface area contributed by atoms with Crippen LogP contribution in [-0.2, 0) is 22.7 Å². The Morgan fingerprint density at radius 1 is 0.556 bits per heavy atom. The molecular formula is C32H40Cl4N6O3. The molecule has 13 heteroatoms. The topological polar surface area (TPSA) is 70.7 Å². The summed E-state index contributed by atoms with van der Waals surface area (Å²) >= 11 is 24.4. The van der Waals surface area contributed by atoms with Crippen LogP contribution in [0.25, 0.3) is 0 Å². The Bertz CT molecular complexity index is 1260. The van der Waals surface area contributed by atoms with Gasteiger partial charge in [-0.3, -0.25) is 19.4 Å². The van der Waals surface area contributed by atoms with Crippen LogP contribution in [0.2, 0.25) is 20.1 Å². The van der Waals surface area contributed by atoms with E-state index in [2.05, 4.69) is 9.80 Å². The molecule has 9 nitrogen and oxygen atoms in total. The smallest absolute Gasteiger partial charge is 0.320 e. The Labute approximate surface area is 285 Å². The van der Waals surface area contributed by atoms with Crippen molar-refractivity contribution in [3.63, 3.8) is 0 Å². The Balaban J connectivity index is 0.989. The summed E-state index contributed by atoms with van der Waals surface area (Å²) < 4.78 is 0. The second-order valence-electron chi connectivity index (χ2n) is 11.9. The third kappa shape index (κ3) is 9.40. The molecule has 3 heterocycles. The summed E-state index contributed by atoms with van der Waals surface area (Å²) in [6, 6.07) is 11.3. The van der Waals surface area contributed by atoms with Crippen molar-refractivity contribution in [2.75, 3.05) is 78.5 Å². The highest BCUT2D eigenvalue weighted by Crippen LogP contribution is 2.25. The number of piperazine rings is 2. The summed E-state index contributed by atoms with van der Waals surface area (Å²) in [7, 11) is 0. The van der Waals surface area contributed by atoms with Crippen LogP contribution in [0.3, 0.4) is 0 Å². The van der Waals surface area contributed by atoms with Gasteiger partial charge in [0.2, 0.25) is 11.8 Å². The molecule has 2 aromatic carbocycles. The number of carbonyl (C=O) groups excluding carboxylic acids is 3. The number of hydrogen-bond donors (Lipinski definition) is 0. The molecule has 5 rings (SSSR count). The monoisotopic (exact) mass is 696 g/mol. The molecule has 0 aliphatic carbocycles. The molecule has 0 saturated carbocycles. The Morgan fingerprint density at radius 2 is 0.956 bits per heavy atom. The average Bonchev–Trinajstić information content (AvgIpc) is 3.04. The van der Waals surface area contributed by atoms with Crippen LogP contribution in [0.15, 0.2) is 36.4 Å². The van der Waals surface area contributed by atoms with Gasteiger partial charge in [0.1, 0.15) is 0 Å². The fraction of sp³-hybridized carbons (Fsp3) is 0.531. The van der Waals surface area contributed by atoms with Gasteiger partial charge < -0.3 is 19.6 Å². The lowest BCUT2D eigenvalue weighted by Gasteiger charge is -2.38. The fourth-order valence-electron chi connectivity index (χ4n) is 6.14. The molecule has 0 N–H and O–H groups in total. The van der Waals surface area contributed by atoms with Crippen LogP contribution < -0.4 is 0 Å². The highest BCUT2D eigenvalue weighted by atomic mass is 35.5. The first kappa shape index (κ1) is 34.1. The van der Waals surface area contributed by atoms with Gasteiger partial charge in [0, 0.05) is 104 Å². The lowest BCUT2D eigenvalue weighted by Crippen LogP contribution is -2.52. The summed E-state index contributed by atoms with van der Waals surface area (Å²) in [6.07, 6.45) is 1.44. The zero-order chi connectivity index (χ0) is 31.9. The summed E-state index contributed by atoms with van der Waals surface area (Å²) in [5.41, 5.74) is 2.19. The fourth-order valence-corrected chi connectivity index (χ4v) is 6.78. The van der Waals surface area contributed by atoms with E-state index in [1.807, 2.05) is 46.2 Å². The van der Waals surface area contributed by atoms with E-state index in [0.717, 1.165) is 56.8 Å². The van der Waals surface area contributed by atoms with Crippen molar-refractivity contribution in [1.82, 2.24) is 29.4 Å². The third-order valence-electron chi connectivity index (χ3n) is 8.82. The van der Waals surface area contributed by atoms with E-state index in [0.29, 0.717) is 85.3 Å². The zero-order valence-electron chi connectivity index (χ0n) is 25.4. The van der Waals surface area contributed by atoms with E-state index >= 15 is 0 Å². The number of nitrogens with zero attached hydrogens (tertiary/aromatic N) is 6. The molecule has 0 radical (unpaired) electrons. The van der Waals surface area contributed by atoms with Crippen molar-refractivity contribution in [3.05, 3.63) is 67.6 Å². The van der Waals surface area contributed by atoms with Crippen LogP contribution in [0, 0.1) is 0 Å². The van der Waals surface area contributed by atoms with Crippen molar-refractivity contribution in [2.45, 2.75) is 32.4 Å². The second-order valence-corrected chi connectivity index (χ2v) is 13.5. The highest BCUT2D eigenvalue weighted by Gasteiger charge is 2.29. The number of rotatable bonds is 10. The zero-order valence-corrected chi connectivity index (χ0v) is 28.4. The van der Waals surface area contributed by atoms with E-state index in [9.17, 15) is 14.4 Å². The van der Waals surface area contributed by atoms with Crippen molar-refractivity contribution in [3.8, 4) is 0 Å². The first-order valence-electron chi connectivity index (χ1n) is 15.6. The lowest BCUT2D eigenvalue weighted by atomic mass is 10.2. The largest absolute Gasteiger partial charge is 0.340 e. The van der Waals surface area contributed by atoms with Gasteiger partial charge in [-0.15, -0.1) is 0 Å². The van der Waals surface area contributed by atoms with Gasteiger partial charge in [0.25, 0.3) is 0 Å². The van der Waals surface area contributed by atoms with Gasteiger partial charge in [-0.1, -0.05) is 58.5 Å². The standard InChI is InChI=1S/C32H40Cl4N6O3/c33-26-4-2-24(20-28(26)35)22-37-12-16-39(17-13-37)30(43)6-10-41-8-1-9-42(32(41)45)11-7-31(44)40-18-14-38(15-19-40)23-25-3-5-27(34)29(36)21-25/h2-5,20-21H,1,6-19,22-23H2. The number of hydrogen-bond acceptors (Lipinski definition) is 5. The molecule has 3 aliphatic heterocycles. The van der Waals surface area contributed by atoms with Crippen LogP contribution >= 0.6 is 46.4 Å². The number of halogens is 4. The molecule has 45 heavy (non-hydrogen) atoms. The first-order chi connectivity index (χ1) is 21.7. The molecule has 3 saturated heterocycles. The van der Waals surface area contributed by atoms with E-state index in [1.165, 1.54) is 0 Å². The van der Waals surface area contributed by atoms with Crippen molar-refractivity contribution in [1.29, 1.82) is 0 Å². The van der Waals surface area contributed by atoms with Gasteiger partial charge in [0.15, 0.2) is 0 Å². The molecule has 3 aliphatic rings. The number of urea groups is 1. The molecule has 0 atom stereocenters. The number of benzene rings is 2. The van der Waals surface area contributed by atoms with Crippen LogP contribution in [0.4, 0.5) is 4.79 Å². The van der Waals surface area contributed by atoms with Crippen LogP contribution in [-0.4, -0.2) is 126 Å². The number of amides is 4. The minimum absolute atomic E-state index is 0.0718. The first-order valence-corrected chi connectivity index (χ1v) is 17.1. The molecule has 0 bridgehead atoms. The lowest BCUT2D eigenvalue weighted by molar-refractivity contribution is -0.133. The van der Waals surface area contributed by atoms with E-state index in [4.69, 9.17) is 46.4 Å². The molecule has 0 aromatic heterocycles. The third-order valence-corrected chi connectivity index (χ3v) is 10.3. The maximum absolute atomic E-state index is 13.2. The average molecular weight is 699 g/mol. The van der Waals surface area contributed by atoms with Gasteiger partial charge in [-0.05, 0) is 41.8 Å². The van der Waals surface area contributed by atoms with E-state index < -0.39 is 0 Å². The Hall–Kier alpha value is -2.27. The Morgan fingerprint density at radius 3 is 1.33 bits per heavy atom. The molecular weight excluding hydrogens is 658 g/mol. The maximum Gasteiger partial charge on any atom is 0.320 e.